The van der Waals surface area contributed by atoms with Gasteiger partial charge in [0.1, 0.15) is 11.7 Å². The smallest absolute Gasteiger partial charge is 0.224 e. The van der Waals surface area contributed by atoms with Crippen LogP contribution < -0.4 is 35.3 Å². The number of pyridine rings is 1. The Kier molecular flexibility index (Phi) is 7.62. The van der Waals surface area contributed by atoms with Crippen molar-refractivity contribution in [1.29, 1.82) is 0 Å². The number of methoxy groups -OCH3 is 3. The second kappa shape index (κ2) is 10.5. The van der Waals surface area contributed by atoms with Gasteiger partial charge in [0.15, 0.2) is 40.6 Å². The maximum Gasteiger partial charge on any atom is 0.224 e. The molecule has 4 N–H and O–H groups in total. The highest BCUT2D eigenvalue weighted by atomic mass is 19.1. The van der Waals surface area contributed by atoms with E-state index < -0.39 is 11.8 Å². The fraction of sp³-hybridized carbons (Fsp3) is 0.391. The standard InChI is InChI=1S/C23H29FN6O5/c1-12(31)23(2,3)35-15-7-8-18(28-20(15)25)29-21-14(24)11-26-22(30-21)27-13-9-16(32-4)19(34-6)17(10-13)33-5/h7-10,14H,11H2,1-6H3,(H4,25,26,27,28,29,30). The lowest BCUT2D eigenvalue weighted by atomic mass is 10.1. The lowest BCUT2D eigenvalue weighted by Crippen LogP contribution is -2.36. The van der Waals surface area contributed by atoms with Crippen molar-refractivity contribution in [2.45, 2.75) is 32.5 Å². The molecule has 0 aliphatic carbocycles. The van der Waals surface area contributed by atoms with Crippen LogP contribution in [0.3, 0.4) is 0 Å². The minimum Gasteiger partial charge on any atom is -0.493 e. The molecule has 0 saturated heterocycles. The Balaban J connectivity index is 1.79. The number of carbonyl (C=O) groups is 1. The molecule has 0 bridgehead atoms. The summed E-state index contributed by atoms with van der Waals surface area (Å²) in [4.78, 5) is 24.3. The quantitative estimate of drug-likeness (QED) is 0.511. The zero-order chi connectivity index (χ0) is 25.8. The maximum atomic E-state index is 14.6. The van der Waals surface area contributed by atoms with E-state index in [-0.39, 0.29) is 41.5 Å². The predicted octanol–water partition coefficient (Wildman–Crippen LogP) is 3.07. The van der Waals surface area contributed by atoms with E-state index in [1.54, 1.807) is 38.1 Å². The summed E-state index contributed by atoms with van der Waals surface area (Å²) in [6.45, 7) is 4.54. The number of aromatic nitrogens is 1. The van der Waals surface area contributed by atoms with Crippen molar-refractivity contribution in [2.75, 3.05) is 44.2 Å². The SMILES string of the molecule is COc1cc(NC2=NCC(F)C(Nc3ccc(OC(C)(C)C(C)=O)c(N)n3)=N2)cc(OC)c1OC. The second-order valence-corrected chi connectivity index (χ2v) is 8.04. The third-order valence-electron chi connectivity index (χ3n) is 5.20. The molecule has 1 aliphatic rings. The summed E-state index contributed by atoms with van der Waals surface area (Å²) in [6, 6.07) is 6.46. The van der Waals surface area contributed by atoms with E-state index in [1.165, 1.54) is 28.3 Å². The largest absolute Gasteiger partial charge is 0.493 e. The molecule has 1 aliphatic heterocycles. The predicted molar refractivity (Wildman–Crippen MR) is 132 cm³/mol. The summed E-state index contributed by atoms with van der Waals surface area (Å²) < 4.78 is 36.3. The number of Topliss-reactive ketones (excluding diaryl/α,β-unsaturated/α-hetero) is 1. The van der Waals surface area contributed by atoms with Gasteiger partial charge in [0.05, 0.1) is 27.9 Å². The fourth-order valence-corrected chi connectivity index (χ4v) is 3.02. The molecular weight excluding hydrogens is 459 g/mol. The van der Waals surface area contributed by atoms with Gasteiger partial charge in [-0.05, 0) is 32.9 Å². The number of nitrogens with two attached hydrogens (primary N) is 1. The Morgan fingerprint density at radius 3 is 2.29 bits per heavy atom. The van der Waals surface area contributed by atoms with Crippen molar-refractivity contribution in [3.8, 4) is 23.0 Å². The van der Waals surface area contributed by atoms with E-state index in [4.69, 9.17) is 24.7 Å². The summed E-state index contributed by atoms with van der Waals surface area (Å²) in [5, 5.41) is 5.85. The van der Waals surface area contributed by atoms with Crippen LogP contribution in [-0.4, -0.2) is 62.2 Å². The van der Waals surface area contributed by atoms with Crippen LogP contribution in [0.25, 0.3) is 0 Å². The number of alkyl halides is 1. The molecule has 2 heterocycles. The Morgan fingerprint density at radius 2 is 1.74 bits per heavy atom. The molecule has 0 radical (unpaired) electrons. The Labute approximate surface area is 202 Å². The van der Waals surface area contributed by atoms with Crippen LogP contribution in [0.2, 0.25) is 0 Å². The number of nitrogens with one attached hydrogen (secondary N) is 2. The van der Waals surface area contributed by atoms with Crippen molar-refractivity contribution in [1.82, 2.24) is 4.98 Å². The average molecular weight is 489 g/mol. The molecule has 0 amide bonds. The number of hydrogen-bond donors (Lipinski definition) is 3. The van der Waals surface area contributed by atoms with Crippen LogP contribution in [0.15, 0.2) is 34.3 Å². The summed E-state index contributed by atoms with van der Waals surface area (Å²) in [5.41, 5.74) is 5.47. The lowest BCUT2D eigenvalue weighted by Gasteiger charge is -2.24. The number of nitrogen functional groups attached to an aromatic ring is 1. The Morgan fingerprint density at radius 1 is 1.09 bits per heavy atom. The van der Waals surface area contributed by atoms with Crippen LogP contribution >= 0.6 is 0 Å². The van der Waals surface area contributed by atoms with Gasteiger partial charge in [0.2, 0.25) is 11.7 Å². The summed E-state index contributed by atoms with van der Waals surface area (Å²) in [6.07, 6.45) is -1.48. The average Bonchev–Trinajstić information content (AvgIpc) is 2.82. The molecule has 11 nitrogen and oxygen atoms in total. The third-order valence-corrected chi connectivity index (χ3v) is 5.20. The van der Waals surface area contributed by atoms with Crippen molar-refractivity contribution in [3.05, 3.63) is 24.3 Å². The van der Waals surface area contributed by atoms with Crippen LogP contribution in [0.4, 0.5) is 21.7 Å². The van der Waals surface area contributed by atoms with Gasteiger partial charge in [-0.25, -0.2) is 14.4 Å². The van der Waals surface area contributed by atoms with Crippen molar-refractivity contribution in [3.63, 3.8) is 0 Å². The molecule has 0 fully saturated rings. The monoisotopic (exact) mass is 488 g/mol. The Hall–Kier alpha value is -4.09. The summed E-state index contributed by atoms with van der Waals surface area (Å²) >= 11 is 0. The number of guanidine groups is 1. The number of anilines is 3. The number of hydrogen-bond acceptors (Lipinski definition) is 11. The van der Waals surface area contributed by atoms with Crippen LogP contribution in [0, 0.1) is 0 Å². The Bertz CT molecular complexity index is 1140. The highest BCUT2D eigenvalue weighted by Crippen LogP contribution is 2.40. The van der Waals surface area contributed by atoms with Gasteiger partial charge in [-0.15, -0.1) is 0 Å². The number of rotatable bonds is 8. The maximum absolute atomic E-state index is 14.6. The molecule has 1 aromatic heterocycles. The highest BCUT2D eigenvalue weighted by molar-refractivity contribution is 6.10. The zero-order valence-corrected chi connectivity index (χ0v) is 20.4. The molecule has 35 heavy (non-hydrogen) atoms. The molecule has 12 heteroatoms. The van der Waals surface area contributed by atoms with Crippen LogP contribution in [0.5, 0.6) is 23.0 Å². The van der Waals surface area contributed by atoms with Gasteiger partial charge < -0.3 is 35.3 Å². The number of halogens is 1. The molecule has 1 aromatic carbocycles. The molecule has 2 aromatic rings. The first-order chi connectivity index (χ1) is 16.6. The molecule has 188 valence electrons. The van der Waals surface area contributed by atoms with E-state index >= 15 is 0 Å². The second-order valence-electron chi connectivity index (χ2n) is 8.04. The van der Waals surface area contributed by atoms with Gasteiger partial charge in [-0.2, -0.15) is 4.99 Å². The van der Waals surface area contributed by atoms with E-state index in [1.807, 2.05) is 0 Å². The highest BCUT2D eigenvalue weighted by Gasteiger charge is 2.27. The lowest BCUT2D eigenvalue weighted by molar-refractivity contribution is -0.129. The summed E-state index contributed by atoms with van der Waals surface area (Å²) in [5.74, 6) is 1.85. The molecule has 0 saturated carbocycles. The van der Waals surface area contributed by atoms with E-state index in [9.17, 15) is 9.18 Å². The van der Waals surface area contributed by atoms with Crippen LogP contribution in [-0.2, 0) is 4.79 Å². The fourth-order valence-electron chi connectivity index (χ4n) is 3.02. The van der Waals surface area contributed by atoms with Crippen LogP contribution in [0.1, 0.15) is 20.8 Å². The van der Waals surface area contributed by atoms with Crippen molar-refractivity contribution >= 4 is 34.9 Å². The normalized spacial score (nSPS) is 15.5. The first-order valence-electron chi connectivity index (χ1n) is 10.7. The van der Waals surface area contributed by atoms with E-state index in [0.29, 0.717) is 22.9 Å². The molecule has 1 unspecified atom stereocenters. The van der Waals surface area contributed by atoms with Gasteiger partial charge in [0.25, 0.3) is 0 Å². The number of nitrogens with zero attached hydrogens (tertiary/aromatic N) is 3. The molecule has 1 atom stereocenters. The van der Waals surface area contributed by atoms with Gasteiger partial charge >= 0.3 is 0 Å². The minimum atomic E-state index is -1.48. The summed E-state index contributed by atoms with van der Waals surface area (Å²) in [7, 11) is 4.51. The first kappa shape index (κ1) is 25.5. The number of aliphatic imine (C=N–C) groups is 2. The van der Waals surface area contributed by atoms with Crippen molar-refractivity contribution in [2.24, 2.45) is 9.98 Å². The van der Waals surface area contributed by atoms with E-state index in [0.717, 1.165) is 0 Å². The number of ether oxygens (including phenoxy) is 4. The number of ketones is 1. The first-order valence-corrected chi connectivity index (χ1v) is 10.7. The van der Waals surface area contributed by atoms with Gasteiger partial charge in [-0.3, -0.25) is 4.79 Å². The third kappa shape index (κ3) is 5.89. The number of amidine groups is 1. The number of carbonyl (C=O) groups excluding carboxylic acids is 1. The molecule has 3 rings (SSSR count). The zero-order valence-electron chi connectivity index (χ0n) is 20.4. The van der Waals surface area contributed by atoms with Crippen molar-refractivity contribution < 1.29 is 28.1 Å². The minimum absolute atomic E-state index is 0.000393. The molecule has 0 spiro atoms. The van der Waals surface area contributed by atoms with Gasteiger partial charge in [-0.1, -0.05) is 0 Å². The van der Waals surface area contributed by atoms with Gasteiger partial charge in [0, 0.05) is 17.8 Å². The number of benzene rings is 1. The topological polar surface area (TPSA) is 142 Å². The van der Waals surface area contributed by atoms with E-state index in [2.05, 4.69) is 25.6 Å². The molecular formula is C23H29FN6O5.